The Hall–Kier alpha value is -1.26. The highest BCUT2D eigenvalue weighted by atomic mass is 32.1. The lowest BCUT2D eigenvalue weighted by atomic mass is 10.0. The van der Waals surface area contributed by atoms with E-state index in [1.807, 2.05) is 0 Å². The van der Waals surface area contributed by atoms with Gasteiger partial charge in [-0.2, -0.15) is 0 Å². The Morgan fingerprint density at radius 1 is 1.22 bits per heavy atom. The third-order valence-electron chi connectivity index (χ3n) is 3.24. The van der Waals surface area contributed by atoms with Crippen molar-refractivity contribution in [2.24, 2.45) is 0 Å². The van der Waals surface area contributed by atoms with Crippen molar-refractivity contribution in [3.8, 4) is 10.4 Å². The first-order valence-electron chi connectivity index (χ1n) is 5.94. The fourth-order valence-electron chi connectivity index (χ4n) is 2.25. The van der Waals surface area contributed by atoms with Crippen molar-refractivity contribution >= 4 is 11.3 Å². The van der Waals surface area contributed by atoms with Crippen molar-refractivity contribution in [2.45, 2.75) is 25.9 Å². The summed E-state index contributed by atoms with van der Waals surface area (Å²) in [6.45, 7) is 3.02. The van der Waals surface area contributed by atoms with Crippen LogP contribution in [0.15, 0.2) is 24.3 Å². The number of halogens is 2. The molecule has 0 fully saturated rings. The van der Waals surface area contributed by atoms with E-state index >= 15 is 0 Å². The van der Waals surface area contributed by atoms with Gasteiger partial charge in [0.25, 0.3) is 0 Å². The number of benzene rings is 1. The van der Waals surface area contributed by atoms with Crippen LogP contribution in [0, 0.1) is 11.6 Å². The number of nitrogens with one attached hydrogen (secondary N) is 1. The van der Waals surface area contributed by atoms with Crippen LogP contribution in [-0.4, -0.2) is 6.04 Å². The van der Waals surface area contributed by atoms with E-state index in [2.05, 4.69) is 18.3 Å². The van der Waals surface area contributed by atoms with Crippen LogP contribution in [0.4, 0.5) is 8.78 Å². The molecule has 0 amide bonds. The SMILES string of the molecule is CC1Cc2cc(-c3ccc(F)c(F)c3)sc2CN1. The summed E-state index contributed by atoms with van der Waals surface area (Å²) in [5, 5.41) is 3.40. The van der Waals surface area contributed by atoms with E-state index in [9.17, 15) is 8.78 Å². The minimum absolute atomic E-state index is 0.477. The van der Waals surface area contributed by atoms with Crippen molar-refractivity contribution in [2.75, 3.05) is 0 Å². The van der Waals surface area contributed by atoms with Gasteiger partial charge in [-0.05, 0) is 42.7 Å². The number of thiophene rings is 1. The van der Waals surface area contributed by atoms with Crippen LogP contribution in [0.25, 0.3) is 10.4 Å². The molecular weight excluding hydrogens is 252 g/mol. The van der Waals surface area contributed by atoms with Gasteiger partial charge in [0, 0.05) is 22.3 Å². The molecule has 0 radical (unpaired) electrons. The quantitative estimate of drug-likeness (QED) is 0.828. The largest absolute Gasteiger partial charge is 0.309 e. The fraction of sp³-hybridized carbons (Fsp3) is 0.286. The second-order valence-electron chi connectivity index (χ2n) is 4.67. The summed E-state index contributed by atoms with van der Waals surface area (Å²) in [5.74, 6) is -1.58. The van der Waals surface area contributed by atoms with Crippen molar-refractivity contribution < 1.29 is 8.78 Å². The summed E-state index contributed by atoms with van der Waals surface area (Å²) in [7, 11) is 0. The van der Waals surface area contributed by atoms with E-state index in [4.69, 9.17) is 0 Å². The van der Waals surface area contributed by atoms with Gasteiger partial charge in [0.05, 0.1) is 0 Å². The Balaban J connectivity index is 2.00. The Kier molecular flexibility index (Phi) is 2.92. The van der Waals surface area contributed by atoms with Crippen LogP contribution in [0.5, 0.6) is 0 Å². The molecule has 0 aliphatic carbocycles. The molecule has 1 N–H and O–H groups in total. The molecule has 94 valence electrons. The molecule has 1 aromatic carbocycles. The Bertz CT molecular complexity index is 591. The predicted octanol–water partition coefficient (Wildman–Crippen LogP) is 3.73. The molecular formula is C14H13F2NS. The van der Waals surface area contributed by atoms with Gasteiger partial charge < -0.3 is 5.32 Å². The number of rotatable bonds is 1. The van der Waals surface area contributed by atoms with Gasteiger partial charge in [-0.25, -0.2) is 8.78 Å². The Morgan fingerprint density at radius 2 is 2.06 bits per heavy atom. The van der Waals surface area contributed by atoms with Crippen LogP contribution in [0.3, 0.4) is 0 Å². The maximum atomic E-state index is 13.2. The Labute approximate surface area is 108 Å². The monoisotopic (exact) mass is 265 g/mol. The van der Waals surface area contributed by atoms with Gasteiger partial charge in [0.15, 0.2) is 11.6 Å². The smallest absolute Gasteiger partial charge is 0.159 e. The molecule has 0 saturated carbocycles. The molecule has 2 aromatic rings. The maximum Gasteiger partial charge on any atom is 0.159 e. The summed E-state index contributed by atoms with van der Waals surface area (Å²) < 4.78 is 26.1. The summed E-state index contributed by atoms with van der Waals surface area (Å²) in [6, 6.07) is 6.66. The number of hydrogen-bond acceptors (Lipinski definition) is 2. The van der Waals surface area contributed by atoms with E-state index < -0.39 is 11.6 Å². The van der Waals surface area contributed by atoms with Crippen LogP contribution in [0.1, 0.15) is 17.4 Å². The molecule has 1 aromatic heterocycles. The summed E-state index contributed by atoms with van der Waals surface area (Å²) in [5.41, 5.74) is 2.08. The first kappa shape index (κ1) is 11.8. The molecule has 1 aliphatic heterocycles. The van der Waals surface area contributed by atoms with E-state index in [0.717, 1.165) is 23.4 Å². The fourth-order valence-corrected chi connectivity index (χ4v) is 3.39. The van der Waals surface area contributed by atoms with Crippen LogP contribution in [0.2, 0.25) is 0 Å². The molecule has 1 atom stereocenters. The highest BCUT2D eigenvalue weighted by Gasteiger charge is 2.18. The minimum atomic E-state index is -0.796. The lowest BCUT2D eigenvalue weighted by molar-refractivity contribution is 0.509. The standard InChI is InChI=1S/C14H13F2NS/c1-8-4-10-6-13(18-14(10)7-17-8)9-2-3-11(15)12(16)5-9/h2-3,5-6,8,17H,4,7H2,1H3. The van der Waals surface area contributed by atoms with Crippen LogP contribution >= 0.6 is 11.3 Å². The van der Waals surface area contributed by atoms with Gasteiger partial charge in [-0.3, -0.25) is 0 Å². The average Bonchev–Trinajstić information content (AvgIpc) is 2.75. The average molecular weight is 265 g/mol. The predicted molar refractivity (Wildman–Crippen MR) is 69.7 cm³/mol. The zero-order chi connectivity index (χ0) is 12.7. The van der Waals surface area contributed by atoms with Crippen molar-refractivity contribution in [1.29, 1.82) is 0 Å². The Morgan fingerprint density at radius 3 is 2.83 bits per heavy atom. The lowest BCUT2D eigenvalue weighted by Crippen LogP contribution is -2.31. The first-order chi connectivity index (χ1) is 8.63. The van der Waals surface area contributed by atoms with Crippen LogP contribution in [-0.2, 0) is 13.0 Å². The zero-order valence-corrected chi connectivity index (χ0v) is 10.8. The molecule has 0 saturated heterocycles. The molecule has 1 unspecified atom stereocenters. The molecule has 0 bridgehead atoms. The third-order valence-corrected chi connectivity index (χ3v) is 4.46. The highest BCUT2D eigenvalue weighted by molar-refractivity contribution is 7.15. The number of fused-ring (bicyclic) bond motifs is 1. The molecule has 18 heavy (non-hydrogen) atoms. The molecule has 2 heterocycles. The van der Waals surface area contributed by atoms with Gasteiger partial charge in [-0.1, -0.05) is 6.07 Å². The van der Waals surface area contributed by atoms with E-state index in [0.29, 0.717) is 6.04 Å². The summed E-state index contributed by atoms with van der Waals surface area (Å²) in [4.78, 5) is 2.31. The molecule has 1 nitrogen and oxygen atoms in total. The third kappa shape index (κ3) is 2.06. The van der Waals surface area contributed by atoms with Gasteiger partial charge >= 0.3 is 0 Å². The van der Waals surface area contributed by atoms with E-state index in [1.54, 1.807) is 17.4 Å². The topological polar surface area (TPSA) is 12.0 Å². The van der Waals surface area contributed by atoms with Crippen molar-refractivity contribution in [1.82, 2.24) is 5.32 Å². The van der Waals surface area contributed by atoms with Crippen molar-refractivity contribution in [3.05, 3.63) is 46.3 Å². The lowest BCUT2D eigenvalue weighted by Gasteiger charge is -2.19. The van der Waals surface area contributed by atoms with Gasteiger partial charge in [0.1, 0.15) is 0 Å². The second kappa shape index (κ2) is 4.44. The van der Waals surface area contributed by atoms with E-state index in [1.165, 1.54) is 22.6 Å². The van der Waals surface area contributed by atoms with Crippen LogP contribution < -0.4 is 5.32 Å². The van der Waals surface area contributed by atoms with Gasteiger partial charge in [-0.15, -0.1) is 11.3 Å². The molecule has 4 heteroatoms. The summed E-state index contributed by atoms with van der Waals surface area (Å²) >= 11 is 1.65. The van der Waals surface area contributed by atoms with E-state index in [-0.39, 0.29) is 0 Å². The molecule has 3 rings (SSSR count). The molecule has 1 aliphatic rings. The second-order valence-corrected chi connectivity index (χ2v) is 5.81. The van der Waals surface area contributed by atoms with Crippen molar-refractivity contribution in [3.63, 3.8) is 0 Å². The van der Waals surface area contributed by atoms with Gasteiger partial charge in [0.2, 0.25) is 0 Å². The maximum absolute atomic E-state index is 13.2. The normalized spacial score (nSPS) is 18.7. The highest BCUT2D eigenvalue weighted by Crippen LogP contribution is 2.34. The minimum Gasteiger partial charge on any atom is -0.309 e. The zero-order valence-electron chi connectivity index (χ0n) is 9.97. The first-order valence-corrected chi connectivity index (χ1v) is 6.75. The summed E-state index contributed by atoms with van der Waals surface area (Å²) in [6.07, 6.45) is 0.996. The number of hydrogen-bond donors (Lipinski definition) is 1. The molecule has 0 spiro atoms.